The number of nitrogens with one attached hydrogen (secondary N) is 2. The summed E-state index contributed by atoms with van der Waals surface area (Å²) in [6.07, 6.45) is -3.81. The molecule has 1 amide bonds. The number of halogens is 5. The molecule has 0 saturated heterocycles. The first-order chi connectivity index (χ1) is 13.0. The third-order valence-corrected chi connectivity index (χ3v) is 4.89. The number of carbonyl (C=O) groups is 1. The van der Waals surface area contributed by atoms with E-state index in [1.165, 1.54) is 0 Å². The van der Waals surface area contributed by atoms with Gasteiger partial charge in [-0.25, -0.2) is 13.4 Å². The number of benzene rings is 1. The second-order valence-corrected chi connectivity index (χ2v) is 7.36. The van der Waals surface area contributed by atoms with Crippen LogP contribution in [0.5, 0.6) is 0 Å². The highest BCUT2D eigenvalue weighted by Crippen LogP contribution is 2.28. The molecule has 6 nitrogen and oxygen atoms in total. The zero-order chi connectivity index (χ0) is 20.9. The smallest absolute Gasteiger partial charge is 0.368 e. The van der Waals surface area contributed by atoms with Crippen molar-refractivity contribution >= 4 is 21.6 Å². The number of alkyl halides is 5. The number of carbonyl (C=O) groups excluding carboxylic acids is 1. The number of amides is 1. The molecule has 2 N–H and O–H groups in total. The minimum absolute atomic E-state index is 0.0564. The van der Waals surface area contributed by atoms with E-state index in [1.54, 1.807) is 0 Å². The van der Waals surface area contributed by atoms with Gasteiger partial charge in [0.25, 0.3) is 5.91 Å². The summed E-state index contributed by atoms with van der Waals surface area (Å²) in [5.41, 5.74) is -0.829. The molecule has 0 bridgehead atoms. The Kier molecular flexibility index (Phi) is 6.54. The van der Waals surface area contributed by atoms with Gasteiger partial charge in [0, 0.05) is 24.8 Å². The summed E-state index contributed by atoms with van der Waals surface area (Å²) in [5, 5.41) is 5.19. The highest BCUT2D eigenvalue weighted by atomic mass is 32.2. The zero-order valence-electron chi connectivity index (χ0n) is 14.0. The molecule has 1 aromatic heterocycles. The maximum Gasteiger partial charge on any atom is 0.417 e. The van der Waals surface area contributed by atoms with E-state index in [4.69, 9.17) is 0 Å². The molecular weight excluding hydrogens is 409 g/mol. The topological polar surface area (TPSA) is 88.2 Å². The molecule has 0 saturated carbocycles. The summed E-state index contributed by atoms with van der Waals surface area (Å²) in [7, 11) is -4.74. The van der Waals surface area contributed by atoms with Crippen molar-refractivity contribution in [1.82, 2.24) is 10.3 Å². The van der Waals surface area contributed by atoms with E-state index >= 15 is 0 Å². The van der Waals surface area contributed by atoms with Crippen LogP contribution in [0.3, 0.4) is 0 Å². The van der Waals surface area contributed by atoms with Crippen molar-refractivity contribution in [3.63, 3.8) is 0 Å². The van der Waals surface area contributed by atoms with Crippen LogP contribution in [-0.4, -0.2) is 38.2 Å². The van der Waals surface area contributed by atoms with E-state index in [0.717, 1.165) is 36.4 Å². The van der Waals surface area contributed by atoms with Gasteiger partial charge in [-0.1, -0.05) is 0 Å². The third-order valence-electron chi connectivity index (χ3n) is 3.49. The van der Waals surface area contributed by atoms with Crippen LogP contribution in [0.25, 0.3) is 0 Å². The van der Waals surface area contributed by atoms with Gasteiger partial charge in [-0.15, -0.1) is 0 Å². The van der Waals surface area contributed by atoms with Crippen molar-refractivity contribution in [1.29, 1.82) is 0 Å². The molecule has 1 heterocycles. The maximum atomic E-state index is 12.4. The van der Waals surface area contributed by atoms with Gasteiger partial charge in [0.1, 0.15) is 5.82 Å². The summed E-state index contributed by atoms with van der Waals surface area (Å²) >= 11 is 0. The molecular formula is C16H14F5N3O3S. The molecule has 0 radical (unpaired) electrons. The van der Waals surface area contributed by atoms with Gasteiger partial charge in [-0.3, -0.25) is 4.79 Å². The fourth-order valence-corrected chi connectivity index (χ4v) is 2.75. The van der Waals surface area contributed by atoms with E-state index in [9.17, 15) is 35.2 Å². The predicted octanol–water partition coefficient (Wildman–Crippen LogP) is 2.94. The van der Waals surface area contributed by atoms with E-state index < -0.39 is 38.1 Å². The van der Waals surface area contributed by atoms with E-state index in [1.807, 2.05) is 0 Å². The van der Waals surface area contributed by atoms with Crippen molar-refractivity contribution < 1.29 is 35.2 Å². The van der Waals surface area contributed by atoms with Crippen LogP contribution in [0.4, 0.5) is 27.8 Å². The van der Waals surface area contributed by atoms with Gasteiger partial charge in [0.2, 0.25) is 9.84 Å². The van der Waals surface area contributed by atoms with Crippen LogP contribution in [0, 0.1) is 0 Å². The summed E-state index contributed by atoms with van der Waals surface area (Å²) < 4.78 is 84.8. The van der Waals surface area contributed by atoms with Gasteiger partial charge >= 0.3 is 11.9 Å². The second-order valence-electron chi connectivity index (χ2n) is 5.44. The van der Waals surface area contributed by atoms with Crippen LogP contribution in [-0.2, 0) is 16.0 Å². The molecule has 28 heavy (non-hydrogen) atoms. The van der Waals surface area contributed by atoms with Crippen molar-refractivity contribution in [3.05, 3.63) is 53.7 Å². The van der Waals surface area contributed by atoms with Crippen molar-refractivity contribution in [3.8, 4) is 0 Å². The van der Waals surface area contributed by atoms with Crippen LogP contribution >= 0.6 is 0 Å². The first-order valence-corrected chi connectivity index (χ1v) is 9.24. The lowest BCUT2D eigenvalue weighted by atomic mass is 10.2. The molecule has 12 heteroatoms. The van der Waals surface area contributed by atoms with Crippen LogP contribution in [0.1, 0.15) is 15.9 Å². The fraction of sp³-hybridized carbons (Fsp3) is 0.250. The maximum absolute atomic E-state index is 12.4. The molecule has 2 aromatic rings. The lowest BCUT2D eigenvalue weighted by molar-refractivity contribution is -0.137. The number of hydrogen-bond donors (Lipinski definition) is 2. The van der Waals surface area contributed by atoms with Gasteiger partial charge in [0.05, 0.1) is 10.5 Å². The Balaban J connectivity index is 1.84. The highest BCUT2D eigenvalue weighted by molar-refractivity contribution is 7.91. The van der Waals surface area contributed by atoms with E-state index in [0.29, 0.717) is 6.20 Å². The zero-order valence-corrected chi connectivity index (χ0v) is 14.8. The monoisotopic (exact) mass is 423 g/mol. The van der Waals surface area contributed by atoms with Crippen molar-refractivity contribution in [2.75, 3.05) is 18.4 Å². The van der Waals surface area contributed by atoms with E-state index in [-0.39, 0.29) is 24.5 Å². The molecule has 1 aromatic carbocycles. The van der Waals surface area contributed by atoms with Gasteiger partial charge in [0.15, 0.2) is 0 Å². The highest BCUT2D eigenvalue weighted by Gasteiger charge is 2.30. The summed E-state index contributed by atoms with van der Waals surface area (Å²) in [5.74, 6) is -3.95. The molecule has 0 atom stereocenters. The Morgan fingerprint density at radius 3 is 2.18 bits per heavy atom. The van der Waals surface area contributed by atoms with Gasteiger partial charge < -0.3 is 10.6 Å². The molecule has 0 fully saturated rings. The molecule has 2 rings (SSSR count). The normalized spacial score (nSPS) is 12.1. The van der Waals surface area contributed by atoms with Gasteiger partial charge in [-0.2, -0.15) is 22.0 Å². The number of aromatic nitrogens is 1. The lowest BCUT2D eigenvalue weighted by Gasteiger charge is -2.10. The molecule has 0 aliphatic rings. The fourth-order valence-electron chi connectivity index (χ4n) is 2.03. The average molecular weight is 423 g/mol. The molecule has 0 spiro atoms. The quantitative estimate of drug-likeness (QED) is 0.528. The van der Waals surface area contributed by atoms with Crippen LogP contribution in [0.2, 0.25) is 0 Å². The Morgan fingerprint density at radius 1 is 1.04 bits per heavy atom. The molecule has 0 unspecified atom stereocenters. The molecule has 0 aliphatic heterocycles. The Bertz CT molecular complexity index is 914. The summed E-state index contributed by atoms with van der Waals surface area (Å²) in [6.45, 7) is 0.237. The Labute approximate surface area is 156 Å². The Hall–Kier alpha value is -2.76. The first-order valence-electron chi connectivity index (χ1n) is 7.69. The number of hydrogen-bond acceptors (Lipinski definition) is 5. The largest absolute Gasteiger partial charge is 0.417 e. The number of pyridine rings is 1. The number of anilines is 1. The summed E-state index contributed by atoms with van der Waals surface area (Å²) in [4.78, 5) is 14.9. The number of rotatable bonds is 7. The first kappa shape index (κ1) is 21.5. The number of nitrogens with zero attached hydrogens (tertiary/aromatic N) is 1. The lowest BCUT2D eigenvalue weighted by Crippen LogP contribution is -2.29. The summed E-state index contributed by atoms with van der Waals surface area (Å²) in [6, 6.07) is 6.00. The van der Waals surface area contributed by atoms with E-state index in [2.05, 4.69) is 15.6 Å². The molecule has 152 valence electrons. The Morgan fingerprint density at radius 2 is 1.68 bits per heavy atom. The molecule has 0 aliphatic carbocycles. The minimum atomic E-state index is -4.74. The second kappa shape index (κ2) is 8.50. The minimum Gasteiger partial charge on any atom is -0.368 e. The van der Waals surface area contributed by atoms with Crippen LogP contribution < -0.4 is 10.6 Å². The van der Waals surface area contributed by atoms with Crippen LogP contribution in [0.15, 0.2) is 47.5 Å². The van der Waals surface area contributed by atoms with Crippen molar-refractivity contribution in [2.45, 2.75) is 16.8 Å². The third kappa shape index (κ3) is 5.38. The average Bonchev–Trinajstić information content (AvgIpc) is 2.64. The predicted molar refractivity (Wildman–Crippen MR) is 89.7 cm³/mol. The van der Waals surface area contributed by atoms with Gasteiger partial charge in [-0.05, 0) is 36.4 Å². The standard InChI is InChI=1S/C16H14F5N3O3S/c17-15(18)28(26,27)12-4-1-10(2-5-12)14(25)23-8-7-22-13-6-3-11(9-24-13)16(19,20)21/h1-6,9,15H,7-8H2,(H,22,24)(H,23,25). The SMILES string of the molecule is O=C(NCCNc1ccc(C(F)(F)F)cn1)c1ccc(S(=O)(=O)C(F)F)cc1. The number of sulfone groups is 1. The van der Waals surface area contributed by atoms with Crippen molar-refractivity contribution in [2.24, 2.45) is 0 Å².